The zero-order valence-electron chi connectivity index (χ0n) is 10.5. The summed E-state index contributed by atoms with van der Waals surface area (Å²) in [5, 5.41) is 3.19. The first kappa shape index (κ1) is 12.6. The average Bonchev–Trinajstić information content (AvgIpc) is 2.97. The van der Waals surface area contributed by atoms with Gasteiger partial charge in [-0.15, -0.1) is 11.3 Å². The normalized spacial score (nSPS) is 19.9. The van der Waals surface area contributed by atoms with Crippen LogP contribution in [0.2, 0.25) is 0 Å². The molecular formula is C13H20N2OS. The molecule has 0 aromatic carbocycles. The van der Waals surface area contributed by atoms with Gasteiger partial charge in [0, 0.05) is 18.0 Å². The van der Waals surface area contributed by atoms with Crippen molar-refractivity contribution in [2.75, 3.05) is 26.7 Å². The summed E-state index contributed by atoms with van der Waals surface area (Å²) in [5.74, 6) is 0.836. The van der Waals surface area contributed by atoms with E-state index in [1.165, 1.54) is 4.88 Å². The van der Waals surface area contributed by atoms with Gasteiger partial charge in [0.1, 0.15) is 0 Å². The van der Waals surface area contributed by atoms with Gasteiger partial charge in [-0.3, -0.25) is 4.79 Å². The summed E-state index contributed by atoms with van der Waals surface area (Å²) in [6.07, 6.45) is 2.14. The Morgan fingerprint density at radius 3 is 3.06 bits per heavy atom. The lowest BCUT2D eigenvalue weighted by atomic mass is 10.1. The van der Waals surface area contributed by atoms with Gasteiger partial charge in [0.15, 0.2) is 0 Å². The molecule has 4 heteroatoms. The van der Waals surface area contributed by atoms with Gasteiger partial charge in [-0.2, -0.15) is 0 Å². The number of aryl methyl sites for hydroxylation is 1. The van der Waals surface area contributed by atoms with Crippen LogP contribution in [0.4, 0.5) is 0 Å². The molecule has 1 atom stereocenters. The third kappa shape index (κ3) is 2.87. The number of hydrogen-bond acceptors (Lipinski definition) is 3. The van der Waals surface area contributed by atoms with E-state index >= 15 is 0 Å². The van der Waals surface area contributed by atoms with Crippen molar-refractivity contribution < 1.29 is 4.79 Å². The van der Waals surface area contributed by atoms with Crippen LogP contribution >= 0.6 is 11.3 Å². The fourth-order valence-corrected chi connectivity index (χ4v) is 3.23. The Balaban J connectivity index is 1.96. The maximum atomic E-state index is 12.2. The summed E-state index contributed by atoms with van der Waals surface area (Å²) in [4.78, 5) is 16.4. The number of nitrogens with one attached hydrogen (secondary N) is 1. The molecule has 1 fully saturated rings. The molecule has 94 valence electrons. The van der Waals surface area contributed by atoms with E-state index in [-0.39, 0.29) is 5.91 Å². The molecule has 0 spiro atoms. The molecule has 0 aliphatic carbocycles. The van der Waals surface area contributed by atoms with Crippen LogP contribution in [0, 0.1) is 5.92 Å². The SMILES string of the molecule is CCc1ccc(C(=O)N2CC[C@@H](CNC)C2)s1. The summed E-state index contributed by atoms with van der Waals surface area (Å²) in [6, 6.07) is 4.04. The maximum absolute atomic E-state index is 12.2. The summed E-state index contributed by atoms with van der Waals surface area (Å²) < 4.78 is 0. The van der Waals surface area contributed by atoms with E-state index < -0.39 is 0 Å². The molecule has 0 unspecified atom stereocenters. The van der Waals surface area contributed by atoms with Crippen LogP contribution < -0.4 is 5.32 Å². The van der Waals surface area contributed by atoms with Crippen molar-refractivity contribution in [1.29, 1.82) is 0 Å². The summed E-state index contributed by atoms with van der Waals surface area (Å²) in [6.45, 7) is 4.94. The molecule has 0 radical (unpaired) electrons. The molecular weight excluding hydrogens is 232 g/mol. The summed E-state index contributed by atoms with van der Waals surface area (Å²) in [5.41, 5.74) is 0. The van der Waals surface area contributed by atoms with Crippen LogP contribution in [0.15, 0.2) is 12.1 Å². The molecule has 2 heterocycles. The summed E-state index contributed by atoms with van der Waals surface area (Å²) >= 11 is 1.64. The van der Waals surface area contributed by atoms with Gasteiger partial charge in [-0.25, -0.2) is 0 Å². The van der Waals surface area contributed by atoms with Gasteiger partial charge >= 0.3 is 0 Å². The highest BCUT2D eigenvalue weighted by Crippen LogP contribution is 2.22. The monoisotopic (exact) mass is 252 g/mol. The number of rotatable bonds is 4. The molecule has 2 rings (SSSR count). The van der Waals surface area contributed by atoms with Crippen LogP contribution in [0.5, 0.6) is 0 Å². The van der Waals surface area contributed by atoms with Crippen LogP contribution in [0.25, 0.3) is 0 Å². The predicted molar refractivity (Wildman–Crippen MR) is 71.6 cm³/mol. The molecule has 3 nitrogen and oxygen atoms in total. The Morgan fingerprint density at radius 2 is 2.41 bits per heavy atom. The number of hydrogen-bond donors (Lipinski definition) is 1. The Labute approximate surface area is 107 Å². The van der Waals surface area contributed by atoms with Gasteiger partial charge in [0.25, 0.3) is 5.91 Å². The highest BCUT2D eigenvalue weighted by molar-refractivity contribution is 7.14. The Morgan fingerprint density at radius 1 is 1.59 bits per heavy atom. The largest absolute Gasteiger partial charge is 0.338 e. The van der Waals surface area contributed by atoms with Crippen molar-refractivity contribution >= 4 is 17.2 Å². The Bertz CT molecular complexity index is 389. The predicted octanol–water partition coefficient (Wildman–Crippen LogP) is 1.99. The van der Waals surface area contributed by atoms with Crippen molar-refractivity contribution in [3.63, 3.8) is 0 Å². The molecule has 0 saturated carbocycles. The molecule has 1 saturated heterocycles. The standard InChI is InChI=1S/C13H20N2OS/c1-3-11-4-5-12(17-11)13(16)15-7-6-10(9-15)8-14-2/h4-5,10,14H,3,6-9H2,1-2H3/t10-/m0/s1. The van der Waals surface area contributed by atoms with Crippen LogP contribution in [-0.2, 0) is 6.42 Å². The Kier molecular flexibility index (Phi) is 4.18. The van der Waals surface area contributed by atoms with Gasteiger partial charge in [-0.1, -0.05) is 6.92 Å². The van der Waals surface area contributed by atoms with Crippen LogP contribution in [0.1, 0.15) is 27.9 Å². The summed E-state index contributed by atoms with van der Waals surface area (Å²) in [7, 11) is 1.97. The second-order valence-electron chi connectivity index (χ2n) is 4.58. The smallest absolute Gasteiger partial charge is 0.263 e. The zero-order valence-corrected chi connectivity index (χ0v) is 11.3. The van der Waals surface area contributed by atoms with Crippen molar-refractivity contribution in [3.05, 3.63) is 21.9 Å². The third-order valence-corrected chi connectivity index (χ3v) is 4.50. The number of thiophene rings is 1. The second-order valence-corrected chi connectivity index (χ2v) is 5.75. The third-order valence-electron chi connectivity index (χ3n) is 3.29. The molecule has 0 bridgehead atoms. The molecule has 1 aliphatic rings. The lowest BCUT2D eigenvalue weighted by Crippen LogP contribution is -2.29. The first-order valence-corrected chi connectivity index (χ1v) is 7.08. The Hall–Kier alpha value is -0.870. The number of carbonyl (C=O) groups excluding carboxylic acids is 1. The van der Waals surface area contributed by atoms with E-state index in [9.17, 15) is 4.79 Å². The van der Waals surface area contributed by atoms with Gasteiger partial charge in [-0.05, 0) is 44.5 Å². The minimum absolute atomic E-state index is 0.216. The average molecular weight is 252 g/mol. The fourth-order valence-electron chi connectivity index (χ4n) is 2.31. The highest BCUT2D eigenvalue weighted by atomic mass is 32.1. The van der Waals surface area contributed by atoms with Crippen molar-refractivity contribution in [3.8, 4) is 0 Å². The molecule has 1 aliphatic heterocycles. The van der Waals surface area contributed by atoms with Crippen molar-refractivity contribution in [2.45, 2.75) is 19.8 Å². The van der Waals surface area contributed by atoms with Crippen molar-refractivity contribution in [1.82, 2.24) is 10.2 Å². The van der Waals surface area contributed by atoms with E-state index in [4.69, 9.17) is 0 Å². The van der Waals surface area contributed by atoms with Crippen molar-refractivity contribution in [2.24, 2.45) is 5.92 Å². The molecule has 17 heavy (non-hydrogen) atoms. The minimum atomic E-state index is 0.216. The molecule has 1 aromatic heterocycles. The van der Waals surface area contributed by atoms with E-state index in [2.05, 4.69) is 18.3 Å². The van der Waals surface area contributed by atoms with E-state index in [0.29, 0.717) is 5.92 Å². The maximum Gasteiger partial charge on any atom is 0.263 e. The highest BCUT2D eigenvalue weighted by Gasteiger charge is 2.26. The fraction of sp³-hybridized carbons (Fsp3) is 0.615. The molecule has 1 aromatic rings. The second kappa shape index (κ2) is 5.65. The van der Waals surface area contributed by atoms with Gasteiger partial charge in [0.05, 0.1) is 4.88 Å². The number of nitrogens with zero attached hydrogens (tertiary/aromatic N) is 1. The van der Waals surface area contributed by atoms with Gasteiger partial charge < -0.3 is 10.2 Å². The van der Waals surface area contributed by atoms with E-state index in [1.54, 1.807) is 11.3 Å². The zero-order chi connectivity index (χ0) is 12.3. The van der Waals surface area contributed by atoms with Gasteiger partial charge in [0.2, 0.25) is 0 Å². The lowest BCUT2D eigenvalue weighted by molar-refractivity contribution is 0.0792. The van der Waals surface area contributed by atoms with E-state index in [0.717, 1.165) is 37.4 Å². The molecule has 1 amide bonds. The molecule has 1 N–H and O–H groups in total. The topological polar surface area (TPSA) is 32.3 Å². The number of amides is 1. The van der Waals surface area contributed by atoms with Crippen LogP contribution in [0.3, 0.4) is 0 Å². The van der Waals surface area contributed by atoms with E-state index in [1.807, 2.05) is 18.0 Å². The lowest BCUT2D eigenvalue weighted by Gasteiger charge is -2.15. The first-order valence-electron chi connectivity index (χ1n) is 6.27. The van der Waals surface area contributed by atoms with Crippen LogP contribution in [-0.4, -0.2) is 37.5 Å². The number of carbonyl (C=O) groups is 1. The minimum Gasteiger partial charge on any atom is -0.338 e. The first-order chi connectivity index (χ1) is 8.24. The quantitative estimate of drug-likeness (QED) is 0.889. The number of likely N-dealkylation sites (tertiary alicyclic amines) is 1.